The van der Waals surface area contributed by atoms with E-state index in [9.17, 15) is 8.42 Å². The van der Waals surface area contributed by atoms with Crippen molar-refractivity contribution >= 4 is 21.4 Å². The third-order valence-corrected chi connectivity index (χ3v) is 6.99. The first kappa shape index (κ1) is 19.6. The maximum absolute atomic E-state index is 13.1. The van der Waals surface area contributed by atoms with Crippen LogP contribution < -0.4 is 0 Å². The molecule has 0 aliphatic carbocycles. The summed E-state index contributed by atoms with van der Waals surface area (Å²) in [6, 6.07) is 7.79. The molecule has 0 radical (unpaired) electrons. The van der Waals surface area contributed by atoms with Gasteiger partial charge in [-0.1, -0.05) is 37.5 Å². The van der Waals surface area contributed by atoms with Gasteiger partial charge in [0.1, 0.15) is 28.2 Å². The van der Waals surface area contributed by atoms with Gasteiger partial charge < -0.3 is 8.94 Å². The second-order valence-electron chi connectivity index (χ2n) is 7.83. The van der Waals surface area contributed by atoms with Gasteiger partial charge in [0.15, 0.2) is 9.84 Å². The van der Waals surface area contributed by atoms with Crippen molar-refractivity contribution in [2.45, 2.75) is 49.7 Å². The smallest absolute Gasteiger partial charge is 0.215 e. The van der Waals surface area contributed by atoms with Gasteiger partial charge in [-0.15, -0.1) is 0 Å². The maximum atomic E-state index is 13.1. The maximum Gasteiger partial charge on any atom is 0.215 e. The van der Waals surface area contributed by atoms with E-state index in [0.29, 0.717) is 22.2 Å². The van der Waals surface area contributed by atoms with Gasteiger partial charge in [-0.25, -0.2) is 13.4 Å². The van der Waals surface area contributed by atoms with Crippen LogP contribution in [0.15, 0.2) is 50.4 Å². The van der Waals surface area contributed by atoms with Crippen LogP contribution in [0.1, 0.15) is 46.3 Å². The van der Waals surface area contributed by atoms with E-state index < -0.39 is 14.6 Å². The van der Waals surface area contributed by atoms with Crippen molar-refractivity contribution in [2.75, 3.05) is 0 Å². The summed E-state index contributed by atoms with van der Waals surface area (Å²) < 4.78 is 35.6. The summed E-state index contributed by atoms with van der Waals surface area (Å²) in [5.74, 6) is 0.780. The van der Waals surface area contributed by atoms with Crippen LogP contribution in [0.4, 0.5) is 0 Å². The van der Waals surface area contributed by atoms with Gasteiger partial charge in [-0.05, 0) is 38.1 Å². The third kappa shape index (κ3) is 3.53. The minimum Gasteiger partial charge on any atom is -0.447 e. The number of rotatable bonds is 4. The summed E-state index contributed by atoms with van der Waals surface area (Å²) in [6.45, 7) is 9.12. The van der Waals surface area contributed by atoms with E-state index in [-0.39, 0.29) is 16.2 Å². The van der Waals surface area contributed by atoms with Gasteiger partial charge >= 0.3 is 0 Å². The summed E-state index contributed by atoms with van der Waals surface area (Å²) in [5.41, 5.74) is 0.716. The molecule has 3 rings (SSSR count). The largest absolute Gasteiger partial charge is 0.447 e. The molecule has 27 heavy (non-hydrogen) atoms. The van der Waals surface area contributed by atoms with E-state index in [4.69, 9.17) is 20.5 Å². The molecule has 6 nitrogen and oxygen atoms in total. The van der Waals surface area contributed by atoms with Crippen LogP contribution in [0, 0.1) is 0 Å². The third-order valence-electron chi connectivity index (χ3n) is 4.33. The quantitative estimate of drug-likeness (QED) is 0.604. The zero-order valence-electron chi connectivity index (χ0n) is 15.8. The molecule has 0 bridgehead atoms. The SMILES string of the molecule is CC(C)(C)c1cc(-c2coc(C(C)(C)S(=O)(=O)c3ccc(Cl)cc3)n2)no1. The molecule has 1 aromatic carbocycles. The number of hydrogen-bond acceptors (Lipinski definition) is 6. The fourth-order valence-electron chi connectivity index (χ4n) is 2.44. The Morgan fingerprint density at radius 2 is 1.63 bits per heavy atom. The summed E-state index contributed by atoms with van der Waals surface area (Å²) in [7, 11) is -3.75. The van der Waals surface area contributed by atoms with Crippen molar-refractivity contribution in [3.05, 3.63) is 53.3 Å². The van der Waals surface area contributed by atoms with Crippen molar-refractivity contribution in [1.82, 2.24) is 10.1 Å². The normalized spacial score (nSPS) is 13.1. The molecule has 3 aromatic rings. The Hall–Kier alpha value is -2.12. The van der Waals surface area contributed by atoms with E-state index in [0.717, 1.165) is 0 Å². The zero-order valence-corrected chi connectivity index (χ0v) is 17.4. The molecule has 2 heterocycles. The highest BCUT2D eigenvalue weighted by atomic mass is 35.5. The van der Waals surface area contributed by atoms with Gasteiger partial charge in [-0.3, -0.25) is 0 Å². The summed E-state index contributed by atoms with van der Waals surface area (Å²) >= 11 is 5.86. The minimum atomic E-state index is -3.75. The van der Waals surface area contributed by atoms with Crippen molar-refractivity contribution in [1.29, 1.82) is 0 Å². The highest BCUT2D eigenvalue weighted by Crippen LogP contribution is 2.36. The number of oxazole rings is 1. The average molecular weight is 409 g/mol. The monoisotopic (exact) mass is 408 g/mol. The number of hydrogen-bond donors (Lipinski definition) is 0. The molecule has 0 aliphatic rings. The topological polar surface area (TPSA) is 86.2 Å². The lowest BCUT2D eigenvalue weighted by atomic mass is 9.93. The van der Waals surface area contributed by atoms with Crippen molar-refractivity contribution in [3.8, 4) is 11.4 Å². The number of halogens is 1. The molecule has 0 spiro atoms. The van der Waals surface area contributed by atoms with E-state index in [1.54, 1.807) is 19.9 Å². The summed E-state index contributed by atoms with van der Waals surface area (Å²) in [6.07, 6.45) is 1.39. The Kier molecular flexibility index (Phi) is 4.72. The molecule has 144 valence electrons. The zero-order chi connectivity index (χ0) is 20.0. The highest BCUT2D eigenvalue weighted by Gasteiger charge is 2.42. The van der Waals surface area contributed by atoms with E-state index in [1.165, 1.54) is 30.5 Å². The number of sulfone groups is 1. The van der Waals surface area contributed by atoms with Crippen LogP contribution in [0.25, 0.3) is 11.4 Å². The summed E-state index contributed by atoms with van der Waals surface area (Å²) in [5, 5.41) is 4.48. The number of aromatic nitrogens is 2. The minimum absolute atomic E-state index is 0.0766. The predicted molar refractivity (Wildman–Crippen MR) is 102 cm³/mol. The molecule has 0 saturated carbocycles. The molecule has 0 fully saturated rings. The van der Waals surface area contributed by atoms with E-state index in [1.807, 2.05) is 20.8 Å². The molecule has 2 aromatic heterocycles. The highest BCUT2D eigenvalue weighted by molar-refractivity contribution is 7.92. The molecular weight excluding hydrogens is 388 g/mol. The van der Waals surface area contributed by atoms with Crippen LogP contribution >= 0.6 is 11.6 Å². The first-order chi connectivity index (χ1) is 12.4. The number of nitrogens with zero attached hydrogens (tertiary/aromatic N) is 2. The van der Waals surface area contributed by atoms with Crippen molar-refractivity contribution in [2.24, 2.45) is 0 Å². The van der Waals surface area contributed by atoms with Gasteiger partial charge in [-0.2, -0.15) is 0 Å². The Morgan fingerprint density at radius 1 is 1.00 bits per heavy atom. The Bertz CT molecular complexity index is 1060. The van der Waals surface area contributed by atoms with Gasteiger partial charge in [0.2, 0.25) is 5.89 Å². The van der Waals surface area contributed by atoms with Gasteiger partial charge in [0.05, 0.1) is 4.90 Å². The molecule has 0 atom stereocenters. The van der Waals surface area contributed by atoms with Crippen molar-refractivity contribution < 1.29 is 17.4 Å². The van der Waals surface area contributed by atoms with Crippen LogP contribution in [-0.2, 0) is 20.0 Å². The van der Waals surface area contributed by atoms with E-state index in [2.05, 4.69) is 10.1 Å². The summed E-state index contributed by atoms with van der Waals surface area (Å²) in [4.78, 5) is 4.51. The van der Waals surface area contributed by atoms with Crippen LogP contribution in [-0.4, -0.2) is 18.6 Å². The molecule has 0 N–H and O–H groups in total. The predicted octanol–water partition coefficient (Wildman–Crippen LogP) is 4.99. The Morgan fingerprint density at radius 3 is 2.19 bits per heavy atom. The van der Waals surface area contributed by atoms with Crippen LogP contribution in [0.5, 0.6) is 0 Å². The molecule has 8 heteroatoms. The fraction of sp³-hybridized carbons (Fsp3) is 0.368. The Labute approximate surface area is 163 Å². The molecule has 0 amide bonds. The standard InChI is InChI=1S/C19H21ClN2O4S/c1-18(2,3)16-10-14(22-26-16)15-11-25-17(21-15)19(4,5)27(23,24)13-8-6-12(20)7-9-13/h6-11H,1-5H3. The van der Waals surface area contributed by atoms with E-state index >= 15 is 0 Å². The van der Waals surface area contributed by atoms with Crippen molar-refractivity contribution in [3.63, 3.8) is 0 Å². The second kappa shape index (κ2) is 6.49. The van der Waals surface area contributed by atoms with Crippen LogP contribution in [0.2, 0.25) is 5.02 Å². The molecule has 0 aliphatic heterocycles. The van der Waals surface area contributed by atoms with Crippen LogP contribution in [0.3, 0.4) is 0 Å². The fourth-order valence-corrected chi connectivity index (χ4v) is 3.97. The number of benzene rings is 1. The first-order valence-corrected chi connectivity index (χ1v) is 10.2. The molecule has 0 saturated heterocycles. The second-order valence-corrected chi connectivity index (χ2v) is 10.8. The average Bonchev–Trinajstić information content (AvgIpc) is 3.24. The Balaban J connectivity index is 1.97. The van der Waals surface area contributed by atoms with Gasteiger partial charge in [0, 0.05) is 16.5 Å². The first-order valence-electron chi connectivity index (χ1n) is 8.37. The molecular formula is C19H21ClN2O4S. The lowest BCUT2D eigenvalue weighted by molar-refractivity contribution is 0.330. The molecule has 0 unspecified atom stereocenters. The van der Waals surface area contributed by atoms with Gasteiger partial charge in [0.25, 0.3) is 0 Å². The lowest BCUT2D eigenvalue weighted by Crippen LogP contribution is -2.29. The lowest BCUT2D eigenvalue weighted by Gasteiger charge is -2.21.